The summed E-state index contributed by atoms with van der Waals surface area (Å²) in [6.07, 6.45) is 1.56. The van der Waals surface area contributed by atoms with Crippen LogP contribution >= 0.6 is 0 Å². The van der Waals surface area contributed by atoms with Crippen molar-refractivity contribution < 1.29 is 23.9 Å². The lowest BCUT2D eigenvalue weighted by atomic mass is 9.70. The minimum Gasteiger partial charge on any atom is -0.461 e. The van der Waals surface area contributed by atoms with Gasteiger partial charge in [0.25, 0.3) is 0 Å². The van der Waals surface area contributed by atoms with E-state index in [2.05, 4.69) is 11.9 Å². The Morgan fingerprint density at radius 1 is 1.31 bits per heavy atom. The molecular formula is C20H25NO5. The van der Waals surface area contributed by atoms with Crippen molar-refractivity contribution in [3.05, 3.63) is 48.0 Å². The molecule has 6 heteroatoms. The van der Waals surface area contributed by atoms with Gasteiger partial charge >= 0.3 is 12.1 Å². The second kappa shape index (κ2) is 7.72. The summed E-state index contributed by atoms with van der Waals surface area (Å²) in [5.41, 5.74) is -0.764. The van der Waals surface area contributed by atoms with Crippen molar-refractivity contribution in [1.82, 2.24) is 5.32 Å². The van der Waals surface area contributed by atoms with Gasteiger partial charge in [-0.15, -0.1) is 0 Å². The third-order valence-corrected chi connectivity index (χ3v) is 4.17. The van der Waals surface area contributed by atoms with Crippen LogP contribution < -0.4 is 5.32 Å². The van der Waals surface area contributed by atoms with Gasteiger partial charge in [-0.25, -0.2) is 4.79 Å². The number of ether oxygens (including phenoxy) is 2. The lowest BCUT2D eigenvalue weighted by Gasteiger charge is -2.34. The van der Waals surface area contributed by atoms with Gasteiger partial charge in [-0.1, -0.05) is 36.9 Å². The van der Waals surface area contributed by atoms with Crippen molar-refractivity contribution in [3.8, 4) is 0 Å². The zero-order valence-electron chi connectivity index (χ0n) is 15.5. The Morgan fingerprint density at radius 2 is 2.00 bits per heavy atom. The zero-order valence-corrected chi connectivity index (χ0v) is 15.5. The predicted molar refractivity (Wildman–Crippen MR) is 96.9 cm³/mol. The maximum atomic E-state index is 13.1. The van der Waals surface area contributed by atoms with Crippen molar-refractivity contribution in [1.29, 1.82) is 0 Å². The first-order valence-electron chi connectivity index (χ1n) is 8.57. The average Bonchev–Trinajstić information content (AvgIpc) is 2.58. The third-order valence-electron chi connectivity index (χ3n) is 4.17. The molecule has 0 saturated carbocycles. The molecular weight excluding hydrogens is 334 g/mol. The summed E-state index contributed by atoms with van der Waals surface area (Å²) in [6.45, 7) is 8.56. The van der Waals surface area contributed by atoms with E-state index in [0.717, 1.165) is 5.56 Å². The van der Waals surface area contributed by atoms with Gasteiger partial charge in [0.15, 0.2) is 5.78 Å². The predicted octanol–water partition coefficient (Wildman–Crippen LogP) is 3.06. The quantitative estimate of drug-likeness (QED) is 0.496. The highest BCUT2D eigenvalue weighted by molar-refractivity contribution is 6.14. The third kappa shape index (κ3) is 4.31. The van der Waals surface area contributed by atoms with Crippen LogP contribution in [0.1, 0.15) is 43.1 Å². The van der Waals surface area contributed by atoms with Gasteiger partial charge in [-0.3, -0.25) is 9.59 Å². The van der Waals surface area contributed by atoms with E-state index in [-0.39, 0.29) is 25.4 Å². The van der Waals surface area contributed by atoms with Gasteiger partial charge in [-0.05, 0) is 39.2 Å². The zero-order chi connectivity index (χ0) is 19.4. The molecule has 1 amide bonds. The summed E-state index contributed by atoms with van der Waals surface area (Å²) < 4.78 is 10.4. The molecule has 2 rings (SSSR count). The van der Waals surface area contributed by atoms with Crippen LogP contribution in [0.4, 0.5) is 4.79 Å². The van der Waals surface area contributed by atoms with Gasteiger partial charge in [0, 0.05) is 12.1 Å². The summed E-state index contributed by atoms with van der Waals surface area (Å²) >= 11 is 0. The molecule has 0 spiro atoms. The highest BCUT2D eigenvalue weighted by Crippen LogP contribution is 2.36. The molecule has 1 aromatic rings. The van der Waals surface area contributed by atoms with Crippen LogP contribution in [0.3, 0.4) is 0 Å². The van der Waals surface area contributed by atoms with E-state index in [1.807, 2.05) is 12.1 Å². The molecule has 140 valence electrons. The van der Waals surface area contributed by atoms with Crippen LogP contribution in [0.2, 0.25) is 0 Å². The van der Waals surface area contributed by atoms with E-state index in [1.165, 1.54) is 6.08 Å². The van der Waals surface area contributed by atoms with Crippen molar-refractivity contribution in [3.63, 3.8) is 0 Å². The summed E-state index contributed by atoms with van der Waals surface area (Å²) in [5, 5.41) is 2.56. The summed E-state index contributed by atoms with van der Waals surface area (Å²) in [6, 6.07) is 7.17. The van der Waals surface area contributed by atoms with Crippen LogP contribution in [0.25, 0.3) is 0 Å². The van der Waals surface area contributed by atoms with Gasteiger partial charge < -0.3 is 14.8 Å². The minimum atomic E-state index is -1.46. The molecule has 0 fully saturated rings. The minimum absolute atomic E-state index is 0.00193. The fraction of sp³-hybridized carbons (Fsp3) is 0.450. The number of Topliss-reactive ketones (excluding diaryl/α,β-unsaturated/α-hetero) is 1. The number of ketones is 1. The molecule has 1 atom stereocenters. The number of aryl methyl sites for hydroxylation is 1. The molecule has 6 nitrogen and oxygen atoms in total. The lowest BCUT2D eigenvalue weighted by molar-refractivity contribution is -0.151. The number of carbonyl (C=O) groups is 3. The number of hydrogen-bond acceptors (Lipinski definition) is 5. The van der Waals surface area contributed by atoms with Crippen LogP contribution in [-0.4, -0.2) is 36.6 Å². The molecule has 26 heavy (non-hydrogen) atoms. The number of nitrogens with one attached hydrogen (secondary N) is 1. The Balaban J connectivity index is 2.27. The molecule has 1 unspecified atom stereocenters. The van der Waals surface area contributed by atoms with E-state index in [9.17, 15) is 14.4 Å². The second-order valence-corrected chi connectivity index (χ2v) is 7.31. The first-order valence-corrected chi connectivity index (χ1v) is 8.57. The number of esters is 1. The Bertz CT molecular complexity index is 719. The first-order chi connectivity index (χ1) is 12.2. The number of fused-ring (bicyclic) bond motifs is 1. The Labute approximate surface area is 153 Å². The van der Waals surface area contributed by atoms with Gasteiger partial charge in [0.05, 0.1) is 0 Å². The maximum absolute atomic E-state index is 13.1. The van der Waals surface area contributed by atoms with Crippen LogP contribution in [-0.2, 0) is 20.7 Å². The van der Waals surface area contributed by atoms with Crippen LogP contribution in [0.15, 0.2) is 36.9 Å². The van der Waals surface area contributed by atoms with Gasteiger partial charge in [0.2, 0.25) is 0 Å². The Kier molecular flexibility index (Phi) is 5.85. The molecule has 1 N–H and O–H groups in total. The summed E-state index contributed by atoms with van der Waals surface area (Å²) in [5.74, 6) is -1.00. The SMILES string of the molecule is C=CCOC(=O)C1(CNC(=O)OC(C)(C)C)CCc2ccccc2C1=O. The molecule has 1 aliphatic carbocycles. The number of benzene rings is 1. The Hall–Kier alpha value is -2.63. The van der Waals surface area contributed by atoms with Crippen molar-refractivity contribution >= 4 is 17.8 Å². The van der Waals surface area contributed by atoms with Gasteiger partial charge in [-0.2, -0.15) is 0 Å². The van der Waals surface area contributed by atoms with Gasteiger partial charge in [0.1, 0.15) is 17.6 Å². The molecule has 1 aliphatic rings. The summed E-state index contributed by atoms with van der Waals surface area (Å²) in [4.78, 5) is 37.9. The fourth-order valence-corrected chi connectivity index (χ4v) is 2.92. The molecule has 0 aromatic heterocycles. The number of amides is 1. The molecule has 0 aliphatic heterocycles. The standard InChI is InChI=1S/C20H25NO5/c1-5-12-25-17(23)20(13-21-18(24)26-19(2,3)4)11-10-14-8-6-7-9-15(14)16(20)22/h5-9H,1,10-13H2,2-4H3,(H,21,24). The fourth-order valence-electron chi connectivity index (χ4n) is 2.92. The maximum Gasteiger partial charge on any atom is 0.407 e. The number of hydrogen-bond donors (Lipinski definition) is 1. The first kappa shape index (κ1) is 19.7. The van der Waals surface area contributed by atoms with Crippen molar-refractivity contribution in [2.75, 3.05) is 13.2 Å². The Morgan fingerprint density at radius 3 is 2.65 bits per heavy atom. The van der Waals surface area contributed by atoms with Crippen molar-refractivity contribution in [2.45, 2.75) is 39.2 Å². The van der Waals surface area contributed by atoms with Crippen molar-refractivity contribution in [2.24, 2.45) is 5.41 Å². The van der Waals surface area contributed by atoms with E-state index in [1.54, 1.807) is 32.9 Å². The number of alkyl carbamates (subject to hydrolysis) is 1. The lowest BCUT2D eigenvalue weighted by Crippen LogP contribution is -2.52. The van der Waals surface area contributed by atoms with E-state index < -0.39 is 23.1 Å². The van der Waals surface area contributed by atoms with E-state index in [4.69, 9.17) is 9.47 Å². The molecule has 0 heterocycles. The molecule has 1 aromatic carbocycles. The number of carbonyl (C=O) groups excluding carboxylic acids is 3. The normalized spacial score (nSPS) is 19.3. The van der Waals surface area contributed by atoms with E-state index >= 15 is 0 Å². The number of rotatable bonds is 5. The molecule has 0 radical (unpaired) electrons. The van der Waals surface area contributed by atoms with Crippen LogP contribution in [0, 0.1) is 5.41 Å². The highest BCUT2D eigenvalue weighted by Gasteiger charge is 2.50. The monoisotopic (exact) mass is 359 g/mol. The summed E-state index contributed by atoms with van der Waals surface area (Å²) in [7, 11) is 0. The second-order valence-electron chi connectivity index (χ2n) is 7.31. The van der Waals surface area contributed by atoms with Crippen LogP contribution in [0.5, 0.6) is 0 Å². The van der Waals surface area contributed by atoms with E-state index in [0.29, 0.717) is 12.0 Å². The highest BCUT2D eigenvalue weighted by atomic mass is 16.6. The molecule has 0 bridgehead atoms. The average molecular weight is 359 g/mol. The smallest absolute Gasteiger partial charge is 0.407 e. The topological polar surface area (TPSA) is 81.7 Å². The largest absolute Gasteiger partial charge is 0.461 e. The molecule has 0 saturated heterocycles.